The molecule has 0 atom stereocenters. The summed E-state index contributed by atoms with van der Waals surface area (Å²) in [5.74, 6) is -0.103. The molecular formula is C9H6BrClFN3. The van der Waals surface area contributed by atoms with Crippen molar-refractivity contribution in [2.24, 2.45) is 0 Å². The maximum Gasteiger partial charge on any atom is 0.150 e. The minimum absolute atomic E-state index is 0.262. The molecule has 15 heavy (non-hydrogen) atoms. The SMILES string of the molecule is Fc1cc(Br)ccc1-n1cc(CCl)nn1. The molecule has 3 nitrogen and oxygen atoms in total. The molecule has 0 saturated carbocycles. The van der Waals surface area contributed by atoms with Gasteiger partial charge in [0.25, 0.3) is 0 Å². The highest BCUT2D eigenvalue weighted by atomic mass is 79.9. The van der Waals surface area contributed by atoms with Crippen LogP contribution in [0.25, 0.3) is 5.69 Å². The van der Waals surface area contributed by atoms with Crippen LogP contribution >= 0.6 is 27.5 Å². The lowest BCUT2D eigenvalue weighted by Crippen LogP contribution is -1.98. The van der Waals surface area contributed by atoms with Crippen molar-refractivity contribution in [3.05, 3.63) is 40.4 Å². The monoisotopic (exact) mass is 289 g/mol. The van der Waals surface area contributed by atoms with Crippen molar-refractivity contribution in [2.45, 2.75) is 5.88 Å². The summed E-state index contributed by atoms with van der Waals surface area (Å²) in [7, 11) is 0. The van der Waals surface area contributed by atoms with Gasteiger partial charge in [-0.3, -0.25) is 0 Å². The first kappa shape index (κ1) is 10.6. The Kier molecular flexibility index (Phi) is 3.02. The van der Waals surface area contributed by atoms with Gasteiger partial charge in [-0.1, -0.05) is 21.1 Å². The Morgan fingerprint density at radius 3 is 2.87 bits per heavy atom. The normalized spacial score (nSPS) is 10.6. The molecule has 0 radical (unpaired) electrons. The number of hydrogen-bond acceptors (Lipinski definition) is 2. The van der Waals surface area contributed by atoms with Gasteiger partial charge in [0.15, 0.2) is 0 Å². The highest BCUT2D eigenvalue weighted by Gasteiger charge is 2.07. The molecule has 0 saturated heterocycles. The highest BCUT2D eigenvalue weighted by molar-refractivity contribution is 9.10. The summed E-state index contributed by atoms with van der Waals surface area (Å²) in [5.41, 5.74) is 0.959. The summed E-state index contributed by atoms with van der Waals surface area (Å²) < 4.78 is 15.5. The fourth-order valence-electron chi connectivity index (χ4n) is 1.14. The third-order valence-corrected chi connectivity index (χ3v) is 2.60. The van der Waals surface area contributed by atoms with E-state index in [1.165, 1.54) is 10.7 Å². The number of halogens is 3. The van der Waals surface area contributed by atoms with Crippen LogP contribution in [0.4, 0.5) is 4.39 Å². The van der Waals surface area contributed by atoms with Gasteiger partial charge in [0.1, 0.15) is 11.5 Å². The van der Waals surface area contributed by atoms with E-state index in [4.69, 9.17) is 11.6 Å². The van der Waals surface area contributed by atoms with Crippen LogP contribution < -0.4 is 0 Å². The zero-order valence-electron chi connectivity index (χ0n) is 7.49. The number of aromatic nitrogens is 3. The van der Waals surface area contributed by atoms with E-state index in [1.807, 2.05) is 0 Å². The Balaban J connectivity index is 2.44. The van der Waals surface area contributed by atoms with Gasteiger partial charge in [-0.15, -0.1) is 16.7 Å². The van der Waals surface area contributed by atoms with Crippen LogP contribution in [0.5, 0.6) is 0 Å². The van der Waals surface area contributed by atoms with Gasteiger partial charge in [0, 0.05) is 4.47 Å². The van der Waals surface area contributed by atoms with Crippen molar-refractivity contribution in [2.75, 3.05) is 0 Å². The molecule has 6 heteroatoms. The van der Waals surface area contributed by atoms with E-state index in [0.717, 1.165) is 0 Å². The zero-order chi connectivity index (χ0) is 10.8. The van der Waals surface area contributed by atoms with Gasteiger partial charge >= 0.3 is 0 Å². The van der Waals surface area contributed by atoms with Gasteiger partial charge < -0.3 is 0 Å². The second-order valence-electron chi connectivity index (χ2n) is 2.88. The lowest BCUT2D eigenvalue weighted by atomic mass is 10.3. The highest BCUT2D eigenvalue weighted by Crippen LogP contribution is 2.18. The molecule has 1 heterocycles. The van der Waals surface area contributed by atoms with Crippen LogP contribution in [-0.4, -0.2) is 15.0 Å². The van der Waals surface area contributed by atoms with Gasteiger partial charge in [0.2, 0.25) is 0 Å². The van der Waals surface area contributed by atoms with Crippen LogP contribution in [0.15, 0.2) is 28.9 Å². The van der Waals surface area contributed by atoms with Crippen LogP contribution in [0.1, 0.15) is 5.69 Å². The molecule has 0 aliphatic rings. The van der Waals surface area contributed by atoms with E-state index in [9.17, 15) is 4.39 Å². The maximum atomic E-state index is 13.5. The summed E-state index contributed by atoms with van der Waals surface area (Å²) in [6.07, 6.45) is 1.60. The van der Waals surface area contributed by atoms with Crippen LogP contribution in [0, 0.1) is 5.82 Å². The molecule has 0 aliphatic carbocycles. The van der Waals surface area contributed by atoms with Crippen LogP contribution in [0.2, 0.25) is 0 Å². The van der Waals surface area contributed by atoms with E-state index >= 15 is 0 Å². The van der Waals surface area contributed by atoms with Gasteiger partial charge in [-0.2, -0.15) is 0 Å². The molecule has 1 aromatic carbocycles. The van der Waals surface area contributed by atoms with Crippen molar-refractivity contribution in [3.8, 4) is 5.69 Å². The van der Waals surface area contributed by atoms with Crippen molar-refractivity contribution < 1.29 is 4.39 Å². The van der Waals surface area contributed by atoms with E-state index in [1.54, 1.807) is 18.3 Å². The fraction of sp³-hybridized carbons (Fsp3) is 0.111. The summed E-state index contributed by atoms with van der Waals surface area (Å²) in [4.78, 5) is 0. The molecule has 2 rings (SSSR count). The third kappa shape index (κ3) is 2.18. The van der Waals surface area contributed by atoms with Crippen molar-refractivity contribution in [1.29, 1.82) is 0 Å². The molecule has 0 fully saturated rings. The predicted molar refractivity (Wildman–Crippen MR) is 58.6 cm³/mol. The number of alkyl halides is 1. The molecule has 0 spiro atoms. The van der Waals surface area contributed by atoms with Gasteiger partial charge in [-0.25, -0.2) is 9.07 Å². The minimum Gasteiger partial charge on any atom is -0.217 e. The van der Waals surface area contributed by atoms with Crippen LogP contribution in [-0.2, 0) is 5.88 Å². The molecule has 0 aliphatic heterocycles. The average Bonchev–Trinajstić information content (AvgIpc) is 2.66. The number of benzene rings is 1. The Morgan fingerprint density at radius 1 is 1.47 bits per heavy atom. The predicted octanol–water partition coefficient (Wildman–Crippen LogP) is 2.91. The van der Waals surface area contributed by atoms with Gasteiger partial charge in [-0.05, 0) is 18.2 Å². The molecule has 0 bridgehead atoms. The Morgan fingerprint density at radius 2 is 2.27 bits per heavy atom. The fourth-order valence-corrected chi connectivity index (χ4v) is 1.60. The maximum absolute atomic E-state index is 13.5. The molecule has 0 unspecified atom stereocenters. The first-order valence-corrected chi connectivity index (χ1v) is 5.46. The standard InChI is InChI=1S/C9H6BrClFN3/c10-6-1-2-9(8(12)3-6)15-5-7(4-11)13-14-15/h1-3,5H,4H2. The van der Waals surface area contributed by atoms with E-state index in [0.29, 0.717) is 15.9 Å². The number of rotatable bonds is 2. The first-order chi connectivity index (χ1) is 7.20. The second-order valence-corrected chi connectivity index (χ2v) is 4.07. The molecule has 1 aromatic heterocycles. The topological polar surface area (TPSA) is 30.7 Å². The molecule has 78 valence electrons. The molecule has 0 N–H and O–H groups in total. The summed E-state index contributed by atoms with van der Waals surface area (Å²) in [5, 5.41) is 7.55. The van der Waals surface area contributed by atoms with Gasteiger partial charge in [0.05, 0.1) is 17.8 Å². The van der Waals surface area contributed by atoms with E-state index in [-0.39, 0.29) is 11.7 Å². The van der Waals surface area contributed by atoms with E-state index < -0.39 is 0 Å². The minimum atomic E-state index is -0.365. The smallest absolute Gasteiger partial charge is 0.150 e. The lowest BCUT2D eigenvalue weighted by molar-refractivity contribution is 0.606. The number of nitrogens with zero attached hydrogens (tertiary/aromatic N) is 3. The van der Waals surface area contributed by atoms with Crippen molar-refractivity contribution in [1.82, 2.24) is 15.0 Å². The summed E-state index contributed by atoms with van der Waals surface area (Å²) >= 11 is 8.76. The quantitative estimate of drug-likeness (QED) is 0.796. The molecular weight excluding hydrogens is 284 g/mol. The second kappa shape index (κ2) is 4.28. The molecule has 2 aromatic rings. The third-order valence-electron chi connectivity index (χ3n) is 1.83. The lowest BCUT2D eigenvalue weighted by Gasteiger charge is -2.01. The van der Waals surface area contributed by atoms with Crippen LogP contribution in [0.3, 0.4) is 0 Å². The Hall–Kier alpha value is -0.940. The Bertz CT molecular complexity index is 486. The van der Waals surface area contributed by atoms with Crippen molar-refractivity contribution >= 4 is 27.5 Å². The zero-order valence-corrected chi connectivity index (χ0v) is 9.83. The Labute approximate surface area is 99.0 Å². The summed E-state index contributed by atoms with van der Waals surface area (Å²) in [6, 6.07) is 4.73. The van der Waals surface area contributed by atoms with Crippen molar-refractivity contribution in [3.63, 3.8) is 0 Å². The van der Waals surface area contributed by atoms with E-state index in [2.05, 4.69) is 26.2 Å². The molecule has 0 amide bonds. The average molecular weight is 291 g/mol. The summed E-state index contributed by atoms with van der Waals surface area (Å²) in [6.45, 7) is 0. The first-order valence-electron chi connectivity index (χ1n) is 4.13. The number of hydrogen-bond donors (Lipinski definition) is 0. The largest absolute Gasteiger partial charge is 0.217 e.